The van der Waals surface area contributed by atoms with Crippen LogP contribution >= 0.6 is 0 Å². The Bertz CT molecular complexity index is 3610. The lowest BCUT2D eigenvalue weighted by molar-refractivity contribution is 0.591. The minimum Gasteiger partial charge on any atom is -0.294 e. The van der Waals surface area contributed by atoms with Crippen LogP contribution in [0.5, 0.6) is 0 Å². The summed E-state index contributed by atoms with van der Waals surface area (Å²) in [7, 11) is 0. The van der Waals surface area contributed by atoms with Crippen molar-refractivity contribution in [3.05, 3.63) is 199 Å². The average molecular weight is 812 g/mol. The molecule has 0 bridgehead atoms. The van der Waals surface area contributed by atoms with Crippen LogP contribution in [0.2, 0.25) is 0 Å². The maximum atomic E-state index is 5.62. The quantitative estimate of drug-likeness (QED) is 0.174. The Morgan fingerprint density at radius 2 is 1.21 bits per heavy atom. The summed E-state index contributed by atoms with van der Waals surface area (Å²) in [5.41, 5.74) is 17.7. The van der Waals surface area contributed by atoms with Crippen LogP contribution in [0.4, 0.5) is 0 Å². The molecule has 0 amide bonds. The summed E-state index contributed by atoms with van der Waals surface area (Å²) < 4.78 is 4.59. The Morgan fingerprint density at radius 3 is 1.98 bits per heavy atom. The molecule has 11 aromatic rings. The molecule has 0 radical (unpaired) electrons. The first-order valence-corrected chi connectivity index (χ1v) is 21.9. The van der Waals surface area contributed by atoms with Gasteiger partial charge in [-0.1, -0.05) is 156 Å². The fourth-order valence-corrected chi connectivity index (χ4v) is 10.2. The largest absolute Gasteiger partial charge is 0.294 e. The van der Waals surface area contributed by atoms with Gasteiger partial charge < -0.3 is 0 Å². The summed E-state index contributed by atoms with van der Waals surface area (Å²) in [5, 5.41) is 4.63. The molecule has 7 aromatic carbocycles. The van der Waals surface area contributed by atoms with Gasteiger partial charge in [0, 0.05) is 50.0 Å². The van der Waals surface area contributed by atoms with E-state index in [4.69, 9.17) is 15.0 Å². The third-order valence-corrected chi connectivity index (χ3v) is 13.4. The van der Waals surface area contributed by atoms with E-state index in [0.717, 1.165) is 77.7 Å². The van der Waals surface area contributed by atoms with Crippen molar-refractivity contribution in [2.45, 2.75) is 45.4 Å². The van der Waals surface area contributed by atoms with Crippen molar-refractivity contribution in [3.8, 4) is 56.4 Å². The number of para-hydroxylation sites is 1. The van der Waals surface area contributed by atoms with Crippen LogP contribution < -0.4 is 0 Å². The molecule has 63 heavy (non-hydrogen) atoms. The van der Waals surface area contributed by atoms with Crippen LogP contribution in [0.3, 0.4) is 0 Å². The summed E-state index contributed by atoms with van der Waals surface area (Å²) in [6, 6.07) is 63.6. The third kappa shape index (κ3) is 5.66. The second kappa shape index (κ2) is 13.7. The molecule has 302 valence electrons. The van der Waals surface area contributed by atoms with E-state index >= 15 is 0 Å². The normalized spacial score (nSPS) is 13.3. The van der Waals surface area contributed by atoms with E-state index in [1.54, 1.807) is 0 Å². The Kier molecular flexibility index (Phi) is 8.07. The van der Waals surface area contributed by atoms with E-state index in [2.05, 4.69) is 214 Å². The highest BCUT2D eigenvalue weighted by Gasteiger charge is 2.36. The van der Waals surface area contributed by atoms with Crippen LogP contribution in [0.15, 0.2) is 182 Å². The molecule has 0 aliphatic heterocycles. The van der Waals surface area contributed by atoms with Gasteiger partial charge in [0.05, 0.1) is 27.9 Å². The van der Waals surface area contributed by atoms with Crippen molar-refractivity contribution in [3.63, 3.8) is 0 Å². The van der Waals surface area contributed by atoms with Crippen LogP contribution in [-0.4, -0.2) is 24.1 Å². The van der Waals surface area contributed by atoms with Gasteiger partial charge in [0.1, 0.15) is 5.65 Å². The smallest absolute Gasteiger partial charge is 0.235 e. The number of aromatic nitrogens is 5. The summed E-state index contributed by atoms with van der Waals surface area (Å²) in [5.74, 6) is 0.649. The van der Waals surface area contributed by atoms with Gasteiger partial charge in [-0.05, 0) is 99.0 Å². The van der Waals surface area contributed by atoms with Crippen molar-refractivity contribution in [1.82, 2.24) is 24.1 Å². The molecule has 0 spiro atoms. The number of hydrogen-bond donors (Lipinski definition) is 0. The van der Waals surface area contributed by atoms with Crippen LogP contribution in [-0.2, 0) is 10.8 Å². The molecule has 5 heteroatoms. The first kappa shape index (κ1) is 37.2. The fraction of sp³-hybridized carbons (Fsp3) is 0.121. The molecule has 4 aromatic heterocycles. The highest BCUT2D eigenvalue weighted by Crippen LogP contribution is 2.50. The highest BCUT2D eigenvalue weighted by atomic mass is 15.2. The average Bonchev–Trinajstić information content (AvgIpc) is 3.84. The van der Waals surface area contributed by atoms with E-state index in [0.29, 0.717) is 5.95 Å². The zero-order valence-electron chi connectivity index (χ0n) is 36.1. The van der Waals surface area contributed by atoms with E-state index in [9.17, 15) is 0 Å². The van der Waals surface area contributed by atoms with E-state index in [1.165, 1.54) is 33.2 Å². The van der Waals surface area contributed by atoms with Crippen molar-refractivity contribution < 1.29 is 0 Å². The summed E-state index contributed by atoms with van der Waals surface area (Å²) >= 11 is 0. The Labute approximate surface area is 367 Å². The molecule has 5 nitrogen and oxygen atoms in total. The van der Waals surface area contributed by atoms with Crippen molar-refractivity contribution in [2.24, 2.45) is 0 Å². The Balaban J connectivity index is 1.08. The lowest BCUT2D eigenvalue weighted by Crippen LogP contribution is -2.24. The predicted molar refractivity (Wildman–Crippen MR) is 261 cm³/mol. The van der Waals surface area contributed by atoms with E-state index < -0.39 is 0 Å². The number of rotatable bonds is 5. The van der Waals surface area contributed by atoms with Gasteiger partial charge in [-0.3, -0.25) is 9.13 Å². The molecule has 0 saturated heterocycles. The molecule has 0 atom stereocenters. The van der Waals surface area contributed by atoms with Crippen molar-refractivity contribution in [2.75, 3.05) is 0 Å². The van der Waals surface area contributed by atoms with Crippen LogP contribution in [0.1, 0.15) is 51.3 Å². The van der Waals surface area contributed by atoms with E-state index in [-0.39, 0.29) is 10.8 Å². The monoisotopic (exact) mass is 811 g/mol. The number of fused-ring (bicyclic) bond motifs is 6. The van der Waals surface area contributed by atoms with Gasteiger partial charge in [0.2, 0.25) is 5.95 Å². The third-order valence-electron chi connectivity index (χ3n) is 13.4. The second-order valence-electron chi connectivity index (χ2n) is 18.5. The molecular weight excluding hydrogens is 767 g/mol. The van der Waals surface area contributed by atoms with Crippen LogP contribution in [0, 0.1) is 0 Å². The Hall–Kier alpha value is -7.63. The molecule has 0 fully saturated rings. The number of benzene rings is 7. The molecule has 0 N–H and O–H groups in total. The Morgan fingerprint density at radius 1 is 0.508 bits per heavy atom. The van der Waals surface area contributed by atoms with E-state index in [1.807, 2.05) is 12.3 Å². The summed E-state index contributed by atoms with van der Waals surface area (Å²) in [6.45, 7) is 11.5. The van der Waals surface area contributed by atoms with Gasteiger partial charge in [0.25, 0.3) is 0 Å². The van der Waals surface area contributed by atoms with Gasteiger partial charge >= 0.3 is 0 Å². The molecule has 12 rings (SSSR count). The number of hydrogen-bond acceptors (Lipinski definition) is 3. The first-order valence-electron chi connectivity index (χ1n) is 21.9. The highest BCUT2D eigenvalue weighted by molar-refractivity contribution is 6.09. The lowest BCUT2D eigenvalue weighted by atomic mass is 9.69. The topological polar surface area (TPSA) is 48.5 Å². The van der Waals surface area contributed by atoms with Gasteiger partial charge in [0.15, 0.2) is 0 Å². The standard InChI is InChI=1S/C58H45N5/c1-57(2,3)40-28-32-50-45(35-40)42-21-15-33-59-55(42)62(50)41-29-25-37(26-30-41)51-44-20-12-13-24-49(44)63(54(51)38-18-10-7-11-19-38)56-60-48-23-14-22-46-52(48)53(61-56)43-31-27-39(34-47(43)58(46,4)5)36-16-8-6-9-17-36/h6-35H,1-5H3. The molecule has 0 saturated carbocycles. The SMILES string of the molecule is CC(C)(C)c1ccc2c(c1)c1cccnc1n2-c1ccc(-c2c(-c3ccccc3)n(-c3nc4c5c(cccc5n3)C(C)(C)c3cc(-c5ccccc5)ccc3-4)c3ccccc23)cc1. The number of nitrogens with zero attached hydrogens (tertiary/aromatic N) is 5. The van der Waals surface area contributed by atoms with Crippen molar-refractivity contribution in [1.29, 1.82) is 0 Å². The molecule has 4 heterocycles. The summed E-state index contributed by atoms with van der Waals surface area (Å²) in [6.07, 6.45) is 1.89. The zero-order valence-corrected chi connectivity index (χ0v) is 36.1. The molecule has 1 aliphatic rings. The molecule has 1 aliphatic carbocycles. The maximum absolute atomic E-state index is 5.62. The fourth-order valence-electron chi connectivity index (χ4n) is 10.2. The molecule has 0 unspecified atom stereocenters. The number of pyridine rings is 1. The van der Waals surface area contributed by atoms with Gasteiger partial charge in [-0.2, -0.15) is 0 Å². The minimum absolute atomic E-state index is 0.0357. The van der Waals surface area contributed by atoms with Gasteiger partial charge in [-0.25, -0.2) is 15.0 Å². The van der Waals surface area contributed by atoms with Crippen molar-refractivity contribution >= 4 is 43.7 Å². The lowest BCUT2D eigenvalue weighted by Gasteiger charge is -2.35. The minimum atomic E-state index is -0.253. The first-order chi connectivity index (χ1) is 30.6. The zero-order chi connectivity index (χ0) is 42.6. The second-order valence-corrected chi connectivity index (χ2v) is 18.5. The predicted octanol–water partition coefficient (Wildman–Crippen LogP) is 14.7. The summed E-state index contributed by atoms with van der Waals surface area (Å²) in [4.78, 5) is 16.0. The van der Waals surface area contributed by atoms with Gasteiger partial charge in [-0.15, -0.1) is 0 Å². The van der Waals surface area contributed by atoms with Crippen LogP contribution in [0.25, 0.3) is 100 Å². The maximum Gasteiger partial charge on any atom is 0.235 e. The molecular formula is C58H45N5.